The number of thiazole rings is 1. The summed E-state index contributed by atoms with van der Waals surface area (Å²) in [4.78, 5) is 29.3. The summed E-state index contributed by atoms with van der Waals surface area (Å²) in [5, 5.41) is 6.74. The fourth-order valence-electron chi connectivity index (χ4n) is 2.62. The summed E-state index contributed by atoms with van der Waals surface area (Å²) in [6.45, 7) is 5.90. The smallest absolute Gasteiger partial charge is 0.350 e. The largest absolute Gasteiger partial charge is 0.493 e. The highest BCUT2D eigenvalue weighted by atomic mass is 32.1. The molecule has 0 unspecified atom stereocenters. The molecular weight excluding hydrogens is 422 g/mol. The van der Waals surface area contributed by atoms with E-state index in [2.05, 4.69) is 15.5 Å². The minimum absolute atomic E-state index is 0.0709. The lowest BCUT2D eigenvalue weighted by Gasteiger charge is -2.07. The van der Waals surface area contributed by atoms with Crippen molar-refractivity contribution in [3.05, 3.63) is 40.5 Å². The third-order valence-electron chi connectivity index (χ3n) is 4.16. The molecule has 31 heavy (non-hydrogen) atoms. The number of aryl methyl sites for hydroxylation is 1. The number of benzene rings is 1. The molecule has 0 fully saturated rings. The second-order valence-corrected chi connectivity index (χ2v) is 8.03. The second-order valence-electron chi connectivity index (χ2n) is 7.03. The van der Waals surface area contributed by atoms with Gasteiger partial charge in [-0.3, -0.25) is 10.1 Å². The Labute approximate surface area is 183 Å². The Bertz CT molecular complexity index is 1090. The third kappa shape index (κ3) is 5.21. The zero-order chi connectivity index (χ0) is 22.5. The Morgan fingerprint density at radius 3 is 2.58 bits per heavy atom. The topological polar surface area (TPSA) is 113 Å². The summed E-state index contributed by atoms with van der Waals surface area (Å²) in [7, 11) is 3.08. The van der Waals surface area contributed by atoms with Gasteiger partial charge in [0.2, 0.25) is 0 Å². The molecule has 10 heteroatoms. The van der Waals surface area contributed by atoms with Crippen molar-refractivity contribution in [1.82, 2.24) is 10.1 Å². The molecule has 0 saturated heterocycles. The molecule has 0 atom stereocenters. The first kappa shape index (κ1) is 22.3. The number of esters is 1. The van der Waals surface area contributed by atoms with Crippen LogP contribution in [0.2, 0.25) is 0 Å². The van der Waals surface area contributed by atoms with Crippen LogP contribution in [0.25, 0.3) is 11.3 Å². The van der Waals surface area contributed by atoms with E-state index in [9.17, 15) is 9.59 Å². The molecule has 1 aromatic carbocycles. The summed E-state index contributed by atoms with van der Waals surface area (Å²) >= 11 is 1.05. The van der Waals surface area contributed by atoms with Gasteiger partial charge in [0.1, 0.15) is 4.88 Å². The van der Waals surface area contributed by atoms with Crippen LogP contribution in [-0.2, 0) is 4.74 Å². The van der Waals surface area contributed by atoms with Crippen LogP contribution >= 0.6 is 11.3 Å². The van der Waals surface area contributed by atoms with E-state index in [0.717, 1.165) is 11.3 Å². The lowest BCUT2D eigenvalue weighted by Crippen LogP contribution is -2.11. The quantitative estimate of drug-likeness (QED) is 0.514. The lowest BCUT2D eigenvalue weighted by molar-refractivity contribution is 0.0463. The van der Waals surface area contributed by atoms with E-state index in [1.807, 2.05) is 13.8 Å². The number of nitrogens with one attached hydrogen (secondary N) is 1. The molecule has 3 aromatic rings. The molecule has 0 bridgehead atoms. The molecule has 0 spiro atoms. The van der Waals surface area contributed by atoms with Crippen LogP contribution in [0.4, 0.5) is 5.13 Å². The molecule has 0 aliphatic rings. The van der Waals surface area contributed by atoms with Crippen LogP contribution in [0.15, 0.2) is 28.8 Å². The van der Waals surface area contributed by atoms with Crippen LogP contribution in [0, 0.1) is 12.8 Å². The Kier molecular flexibility index (Phi) is 6.91. The second kappa shape index (κ2) is 9.61. The van der Waals surface area contributed by atoms with E-state index < -0.39 is 11.9 Å². The van der Waals surface area contributed by atoms with Crippen molar-refractivity contribution in [2.24, 2.45) is 5.92 Å². The van der Waals surface area contributed by atoms with E-state index in [1.165, 1.54) is 13.2 Å². The van der Waals surface area contributed by atoms with Crippen molar-refractivity contribution in [1.29, 1.82) is 0 Å². The maximum absolute atomic E-state index is 12.6. The Hall–Kier alpha value is -3.40. The monoisotopic (exact) mass is 445 g/mol. The van der Waals surface area contributed by atoms with Crippen molar-refractivity contribution in [3.63, 3.8) is 0 Å². The molecule has 0 radical (unpaired) electrons. The number of carbonyl (C=O) groups is 2. The normalized spacial score (nSPS) is 10.8. The number of nitrogens with zero attached hydrogens (tertiary/aromatic N) is 2. The molecule has 2 heterocycles. The molecular formula is C21H23N3O6S. The molecule has 2 aromatic heterocycles. The van der Waals surface area contributed by atoms with Crippen molar-refractivity contribution >= 4 is 28.3 Å². The number of hydrogen-bond donors (Lipinski definition) is 1. The zero-order valence-corrected chi connectivity index (χ0v) is 18.7. The summed E-state index contributed by atoms with van der Waals surface area (Å²) in [5.74, 6) is 0.749. The molecule has 1 amide bonds. The maximum Gasteiger partial charge on any atom is 0.350 e. The maximum atomic E-state index is 12.6. The highest BCUT2D eigenvalue weighted by Gasteiger charge is 2.20. The molecule has 0 aliphatic carbocycles. The van der Waals surface area contributed by atoms with Gasteiger partial charge >= 0.3 is 5.97 Å². The molecule has 9 nitrogen and oxygen atoms in total. The number of ether oxygens (including phenoxy) is 3. The first-order valence-electron chi connectivity index (χ1n) is 9.47. The Balaban J connectivity index is 1.72. The molecule has 0 saturated carbocycles. The van der Waals surface area contributed by atoms with Gasteiger partial charge in [0.05, 0.1) is 26.5 Å². The predicted octanol–water partition coefficient (Wildman–Crippen LogP) is 4.19. The van der Waals surface area contributed by atoms with Gasteiger partial charge in [-0.1, -0.05) is 30.3 Å². The average molecular weight is 445 g/mol. The van der Waals surface area contributed by atoms with E-state index in [0.29, 0.717) is 40.0 Å². The molecule has 1 N–H and O–H groups in total. The highest BCUT2D eigenvalue weighted by Crippen LogP contribution is 2.32. The standard InChI is InChI=1S/C21H23N3O6S/c1-11(2)10-29-20(26)18-12(3)22-21(31-18)23-19(25)14-9-16(30-24-14)13-6-7-15(27-4)17(8-13)28-5/h6-9,11H,10H2,1-5H3,(H,22,23,25). The number of methoxy groups -OCH3 is 2. The van der Waals surface area contributed by atoms with Gasteiger partial charge in [0.15, 0.2) is 28.1 Å². The van der Waals surface area contributed by atoms with Gasteiger partial charge in [0.25, 0.3) is 5.91 Å². The molecule has 0 aliphatic heterocycles. The average Bonchev–Trinajstić information content (AvgIpc) is 3.38. The minimum Gasteiger partial charge on any atom is -0.493 e. The van der Waals surface area contributed by atoms with Crippen molar-refractivity contribution < 1.29 is 28.3 Å². The minimum atomic E-state index is -0.508. The van der Waals surface area contributed by atoms with Crippen molar-refractivity contribution in [2.45, 2.75) is 20.8 Å². The van der Waals surface area contributed by atoms with Crippen molar-refractivity contribution in [3.8, 4) is 22.8 Å². The summed E-state index contributed by atoms with van der Waals surface area (Å²) < 4.78 is 21.0. The van der Waals surface area contributed by atoms with Crippen molar-refractivity contribution in [2.75, 3.05) is 26.1 Å². The van der Waals surface area contributed by atoms with E-state index in [1.54, 1.807) is 32.2 Å². The number of aromatic nitrogens is 2. The van der Waals surface area contributed by atoms with Gasteiger partial charge < -0.3 is 18.7 Å². The number of amides is 1. The number of rotatable bonds is 8. The Morgan fingerprint density at radius 1 is 1.16 bits per heavy atom. The van der Waals surface area contributed by atoms with Crippen LogP contribution in [0.3, 0.4) is 0 Å². The fraction of sp³-hybridized carbons (Fsp3) is 0.333. The molecule has 164 valence electrons. The van der Waals surface area contributed by atoms with Gasteiger partial charge in [-0.2, -0.15) is 0 Å². The Morgan fingerprint density at radius 2 is 1.90 bits per heavy atom. The van der Waals surface area contributed by atoms with E-state index in [4.69, 9.17) is 18.7 Å². The number of carbonyl (C=O) groups excluding carboxylic acids is 2. The first-order chi connectivity index (χ1) is 14.8. The first-order valence-corrected chi connectivity index (χ1v) is 10.3. The summed E-state index contributed by atoms with van der Waals surface area (Å²) in [5.41, 5.74) is 1.23. The van der Waals surface area contributed by atoms with Crippen LogP contribution in [0.5, 0.6) is 11.5 Å². The van der Waals surface area contributed by atoms with Gasteiger partial charge in [-0.15, -0.1) is 0 Å². The number of anilines is 1. The van der Waals surface area contributed by atoms with Crippen LogP contribution in [-0.4, -0.2) is 42.8 Å². The zero-order valence-electron chi connectivity index (χ0n) is 17.8. The SMILES string of the molecule is COc1ccc(-c2cc(C(=O)Nc3nc(C)c(C(=O)OCC(C)C)s3)no2)cc1OC. The summed E-state index contributed by atoms with van der Waals surface area (Å²) in [6.07, 6.45) is 0. The summed E-state index contributed by atoms with van der Waals surface area (Å²) in [6, 6.07) is 6.73. The van der Waals surface area contributed by atoms with E-state index >= 15 is 0 Å². The van der Waals surface area contributed by atoms with Gasteiger partial charge in [-0.05, 0) is 31.0 Å². The van der Waals surface area contributed by atoms with Gasteiger partial charge in [-0.25, -0.2) is 9.78 Å². The lowest BCUT2D eigenvalue weighted by atomic mass is 10.1. The van der Waals surface area contributed by atoms with Crippen LogP contribution < -0.4 is 14.8 Å². The van der Waals surface area contributed by atoms with Crippen LogP contribution in [0.1, 0.15) is 39.7 Å². The van der Waals surface area contributed by atoms with E-state index in [-0.39, 0.29) is 16.7 Å². The van der Waals surface area contributed by atoms with Gasteiger partial charge in [0, 0.05) is 11.6 Å². The third-order valence-corrected chi connectivity index (χ3v) is 5.21. The molecule has 3 rings (SSSR count). The highest BCUT2D eigenvalue weighted by molar-refractivity contribution is 7.17. The number of hydrogen-bond acceptors (Lipinski definition) is 9. The fourth-order valence-corrected chi connectivity index (χ4v) is 3.47. The predicted molar refractivity (Wildman–Crippen MR) is 115 cm³/mol.